The zero-order chi connectivity index (χ0) is 11.7. The normalized spacial score (nSPS) is 38.3. The molecule has 2 heteroatoms. The van der Waals surface area contributed by atoms with E-state index in [9.17, 15) is 0 Å². The van der Waals surface area contributed by atoms with Crippen molar-refractivity contribution in [2.75, 3.05) is 7.05 Å². The van der Waals surface area contributed by atoms with E-state index < -0.39 is 0 Å². The maximum Gasteiger partial charge on any atom is 0.0360 e. The molecular formula is C13H26N2. The lowest BCUT2D eigenvalue weighted by Crippen LogP contribution is -2.54. The van der Waals surface area contributed by atoms with E-state index in [0.717, 1.165) is 12.8 Å². The highest BCUT2D eigenvalue weighted by atomic mass is 14.9. The lowest BCUT2D eigenvalue weighted by molar-refractivity contribution is 0.183. The Labute approximate surface area is 94.3 Å². The van der Waals surface area contributed by atoms with Gasteiger partial charge in [0.05, 0.1) is 0 Å². The third kappa shape index (κ3) is 2.82. The van der Waals surface area contributed by atoms with Crippen molar-refractivity contribution >= 4 is 0 Å². The molecule has 1 aliphatic carbocycles. The maximum atomic E-state index is 6.44. The molecule has 0 aromatic heterocycles. The van der Waals surface area contributed by atoms with Gasteiger partial charge < -0.3 is 11.1 Å². The van der Waals surface area contributed by atoms with Gasteiger partial charge in [-0.05, 0) is 44.2 Å². The van der Waals surface area contributed by atoms with Gasteiger partial charge in [-0.15, -0.1) is 0 Å². The first-order chi connectivity index (χ1) is 6.82. The minimum atomic E-state index is -0.147. The molecule has 1 saturated carbocycles. The van der Waals surface area contributed by atoms with Crippen LogP contribution in [0, 0.1) is 5.41 Å². The van der Waals surface area contributed by atoms with E-state index in [-0.39, 0.29) is 5.54 Å². The Balaban J connectivity index is 3.00. The molecule has 15 heavy (non-hydrogen) atoms. The molecule has 0 aromatic carbocycles. The van der Waals surface area contributed by atoms with Crippen molar-refractivity contribution in [2.45, 2.75) is 58.5 Å². The molecule has 3 N–H and O–H groups in total. The highest BCUT2D eigenvalue weighted by Crippen LogP contribution is 2.42. The van der Waals surface area contributed by atoms with Crippen molar-refractivity contribution in [3.05, 3.63) is 11.6 Å². The minimum Gasteiger partial charge on any atom is -0.322 e. The van der Waals surface area contributed by atoms with Crippen LogP contribution in [0.4, 0.5) is 0 Å². The lowest BCUT2D eigenvalue weighted by Gasteiger charge is -2.47. The molecule has 0 heterocycles. The summed E-state index contributed by atoms with van der Waals surface area (Å²) >= 11 is 0. The number of nitrogens with one attached hydrogen (secondary N) is 1. The summed E-state index contributed by atoms with van der Waals surface area (Å²) in [6.45, 7) is 8.96. The van der Waals surface area contributed by atoms with Gasteiger partial charge >= 0.3 is 0 Å². The van der Waals surface area contributed by atoms with Crippen molar-refractivity contribution in [1.82, 2.24) is 5.32 Å². The summed E-state index contributed by atoms with van der Waals surface area (Å²) in [4.78, 5) is 0. The van der Waals surface area contributed by atoms with E-state index in [2.05, 4.69) is 39.1 Å². The Bertz CT molecular complexity index is 251. The lowest BCUT2D eigenvalue weighted by atomic mass is 9.64. The highest BCUT2D eigenvalue weighted by Gasteiger charge is 2.41. The molecule has 0 bridgehead atoms. The molecule has 0 aliphatic heterocycles. The van der Waals surface area contributed by atoms with Gasteiger partial charge in [0.1, 0.15) is 0 Å². The van der Waals surface area contributed by atoms with Crippen LogP contribution < -0.4 is 11.1 Å². The Kier molecular flexibility index (Phi) is 3.62. The third-order valence-corrected chi connectivity index (χ3v) is 3.41. The van der Waals surface area contributed by atoms with Crippen molar-refractivity contribution in [3.8, 4) is 0 Å². The van der Waals surface area contributed by atoms with Crippen LogP contribution >= 0.6 is 0 Å². The van der Waals surface area contributed by atoms with Gasteiger partial charge in [0.25, 0.3) is 0 Å². The van der Waals surface area contributed by atoms with Crippen LogP contribution in [0.3, 0.4) is 0 Å². The molecule has 2 unspecified atom stereocenters. The van der Waals surface area contributed by atoms with Crippen LogP contribution in [0.5, 0.6) is 0 Å². The summed E-state index contributed by atoms with van der Waals surface area (Å²) in [5.74, 6) is 0. The van der Waals surface area contributed by atoms with E-state index >= 15 is 0 Å². The first kappa shape index (κ1) is 12.7. The smallest absolute Gasteiger partial charge is 0.0360 e. The Hall–Kier alpha value is -0.340. The SMILES string of the molecule is CCC=C1C(NC)CC(C)(C)CC1(C)N. The summed E-state index contributed by atoms with van der Waals surface area (Å²) in [5, 5.41) is 3.40. The monoisotopic (exact) mass is 210 g/mol. The van der Waals surface area contributed by atoms with Gasteiger partial charge in [-0.1, -0.05) is 26.8 Å². The van der Waals surface area contributed by atoms with Crippen molar-refractivity contribution in [2.24, 2.45) is 11.1 Å². The number of allylic oxidation sites excluding steroid dienone is 1. The number of hydrogen-bond donors (Lipinski definition) is 2. The molecule has 1 aliphatic rings. The molecule has 0 aromatic rings. The second kappa shape index (κ2) is 4.26. The highest BCUT2D eigenvalue weighted by molar-refractivity contribution is 5.28. The molecule has 2 atom stereocenters. The molecule has 0 spiro atoms. The Morgan fingerprint density at radius 2 is 2.07 bits per heavy atom. The van der Waals surface area contributed by atoms with E-state index in [1.165, 1.54) is 12.0 Å². The maximum absolute atomic E-state index is 6.44. The molecule has 1 fully saturated rings. The first-order valence-electron chi connectivity index (χ1n) is 5.99. The number of rotatable bonds is 2. The zero-order valence-electron chi connectivity index (χ0n) is 10.9. The van der Waals surface area contributed by atoms with Gasteiger partial charge in [0.2, 0.25) is 0 Å². The molecule has 0 amide bonds. The predicted molar refractivity (Wildman–Crippen MR) is 66.8 cm³/mol. The van der Waals surface area contributed by atoms with Gasteiger partial charge in [-0.25, -0.2) is 0 Å². The van der Waals surface area contributed by atoms with Crippen LogP contribution in [0.2, 0.25) is 0 Å². The first-order valence-corrected chi connectivity index (χ1v) is 5.99. The largest absolute Gasteiger partial charge is 0.322 e. The van der Waals surface area contributed by atoms with E-state index in [1.807, 2.05) is 7.05 Å². The van der Waals surface area contributed by atoms with Crippen molar-refractivity contribution in [3.63, 3.8) is 0 Å². The number of likely N-dealkylation sites (N-methyl/N-ethyl adjacent to an activating group) is 1. The van der Waals surface area contributed by atoms with Crippen LogP contribution in [-0.4, -0.2) is 18.6 Å². The molecule has 88 valence electrons. The average molecular weight is 210 g/mol. The van der Waals surface area contributed by atoms with Gasteiger partial charge in [0, 0.05) is 11.6 Å². The van der Waals surface area contributed by atoms with Gasteiger partial charge in [-0.3, -0.25) is 0 Å². The quantitative estimate of drug-likeness (QED) is 0.687. The fourth-order valence-corrected chi connectivity index (χ4v) is 3.08. The zero-order valence-corrected chi connectivity index (χ0v) is 10.9. The molecule has 0 radical (unpaired) electrons. The van der Waals surface area contributed by atoms with Crippen LogP contribution in [-0.2, 0) is 0 Å². The second-order valence-corrected chi connectivity index (χ2v) is 5.87. The summed E-state index contributed by atoms with van der Waals surface area (Å²) in [5.41, 5.74) is 8.02. The fourth-order valence-electron chi connectivity index (χ4n) is 3.08. The van der Waals surface area contributed by atoms with E-state index in [1.54, 1.807) is 0 Å². The number of hydrogen-bond acceptors (Lipinski definition) is 2. The van der Waals surface area contributed by atoms with E-state index in [0.29, 0.717) is 11.5 Å². The minimum absolute atomic E-state index is 0.147. The summed E-state index contributed by atoms with van der Waals surface area (Å²) < 4.78 is 0. The fraction of sp³-hybridized carbons (Fsp3) is 0.846. The van der Waals surface area contributed by atoms with Crippen molar-refractivity contribution < 1.29 is 0 Å². The third-order valence-electron chi connectivity index (χ3n) is 3.41. The standard InChI is InChI=1S/C13H26N2/c1-6-7-10-11(15-5)8-12(2,3)9-13(10,4)14/h7,11,15H,6,8-9,14H2,1-5H3. The topological polar surface area (TPSA) is 38.0 Å². The Morgan fingerprint density at radius 3 is 2.53 bits per heavy atom. The second-order valence-electron chi connectivity index (χ2n) is 5.87. The summed E-state index contributed by atoms with van der Waals surface area (Å²) in [6, 6.07) is 0.448. The predicted octanol–water partition coefficient (Wildman–Crippen LogP) is 2.45. The molecule has 2 nitrogen and oxygen atoms in total. The Morgan fingerprint density at radius 1 is 1.47 bits per heavy atom. The van der Waals surface area contributed by atoms with Crippen molar-refractivity contribution in [1.29, 1.82) is 0 Å². The summed E-state index contributed by atoms with van der Waals surface area (Å²) in [7, 11) is 2.03. The van der Waals surface area contributed by atoms with Gasteiger partial charge in [0.15, 0.2) is 0 Å². The van der Waals surface area contributed by atoms with Crippen LogP contribution in [0.25, 0.3) is 0 Å². The average Bonchev–Trinajstić information content (AvgIpc) is 2.07. The van der Waals surface area contributed by atoms with Gasteiger partial charge in [-0.2, -0.15) is 0 Å². The number of nitrogens with two attached hydrogens (primary N) is 1. The van der Waals surface area contributed by atoms with Crippen LogP contribution in [0.1, 0.15) is 47.0 Å². The van der Waals surface area contributed by atoms with Crippen LogP contribution in [0.15, 0.2) is 11.6 Å². The summed E-state index contributed by atoms with van der Waals surface area (Å²) in [6.07, 6.45) is 5.63. The molecule has 1 rings (SSSR count). The van der Waals surface area contributed by atoms with E-state index in [4.69, 9.17) is 5.73 Å². The molecule has 0 saturated heterocycles. The molecular weight excluding hydrogens is 184 g/mol.